The topological polar surface area (TPSA) is 63.0 Å². The van der Waals surface area contributed by atoms with Crippen LogP contribution >= 0.6 is 0 Å². The first-order chi connectivity index (χ1) is 2.84. The number of hydrazine groups is 2. The number of hydrogen-bond acceptors (Lipinski definition) is 4. The molecular formula is C2H8N4. The summed E-state index contributed by atoms with van der Waals surface area (Å²) in [5.74, 6) is 4.97. The zero-order chi connectivity index (χ0) is 4.57. The molecule has 0 bridgehead atoms. The second-order valence-corrected chi connectivity index (χ2v) is 1.31. The van der Waals surface area contributed by atoms with Gasteiger partial charge in [-0.25, -0.2) is 15.9 Å². The van der Waals surface area contributed by atoms with Gasteiger partial charge in [-0.05, 0) is 0 Å². The van der Waals surface area contributed by atoms with Crippen LogP contribution in [0.2, 0.25) is 0 Å². The van der Waals surface area contributed by atoms with Crippen molar-refractivity contribution in [1.29, 1.82) is 0 Å². The summed E-state index contributed by atoms with van der Waals surface area (Å²) in [7, 11) is 1.91. The van der Waals surface area contributed by atoms with Gasteiger partial charge < -0.3 is 0 Å². The van der Waals surface area contributed by atoms with E-state index in [1.54, 1.807) is 0 Å². The molecule has 36 valence electrons. The Hall–Kier alpha value is -0.160. The minimum Gasteiger partial charge on any atom is -0.269 e. The number of rotatable bonds is 1. The van der Waals surface area contributed by atoms with Gasteiger partial charge in [0.2, 0.25) is 0 Å². The van der Waals surface area contributed by atoms with Crippen molar-refractivity contribution in [3.05, 3.63) is 0 Å². The van der Waals surface area contributed by atoms with Crippen LogP contribution in [0.1, 0.15) is 0 Å². The monoisotopic (exact) mass is 88.1 g/mol. The second kappa shape index (κ2) is 1.16. The van der Waals surface area contributed by atoms with Crippen molar-refractivity contribution in [1.82, 2.24) is 15.9 Å². The highest BCUT2D eigenvalue weighted by molar-refractivity contribution is 4.66. The molecule has 1 aliphatic heterocycles. The molecule has 4 heteroatoms. The minimum atomic E-state index is 0.213. The van der Waals surface area contributed by atoms with Gasteiger partial charge in [-0.1, -0.05) is 0 Å². The normalized spacial score (nSPS) is 43.0. The first kappa shape index (κ1) is 4.01. The molecule has 1 saturated heterocycles. The van der Waals surface area contributed by atoms with E-state index in [4.69, 9.17) is 5.84 Å². The maximum atomic E-state index is 4.97. The van der Waals surface area contributed by atoms with E-state index >= 15 is 0 Å². The first-order valence-electron chi connectivity index (χ1n) is 1.80. The average Bonchev–Trinajstić information content (AvgIpc) is 2.19. The predicted molar refractivity (Wildman–Crippen MR) is 22.0 cm³/mol. The zero-order valence-corrected chi connectivity index (χ0v) is 3.60. The molecule has 0 saturated carbocycles. The standard InChI is InChI=1S/C2H8N4/c1-6-2(4-3)5-6/h2,4-5H,3H2,1H3. The molecule has 0 aromatic heterocycles. The molecular weight excluding hydrogens is 80.1 g/mol. The van der Waals surface area contributed by atoms with Gasteiger partial charge in [0, 0.05) is 7.05 Å². The van der Waals surface area contributed by atoms with Crippen LogP contribution in [0, 0.1) is 0 Å². The van der Waals surface area contributed by atoms with Crippen molar-refractivity contribution in [2.75, 3.05) is 7.05 Å². The van der Waals surface area contributed by atoms with Crippen LogP contribution in [-0.4, -0.2) is 18.3 Å². The summed E-state index contributed by atoms with van der Waals surface area (Å²) in [6, 6.07) is 0. The van der Waals surface area contributed by atoms with E-state index in [0.717, 1.165) is 0 Å². The van der Waals surface area contributed by atoms with E-state index in [1.807, 2.05) is 12.1 Å². The Labute approximate surface area is 36.2 Å². The molecule has 1 aliphatic rings. The summed E-state index contributed by atoms with van der Waals surface area (Å²) in [6.07, 6.45) is 0.213. The van der Waals surface area contributed by atoms with E-state index < -0.39 is 0 Å². The third kappa shape index (κ3) is 0.504. The summed E-state index contributed by atoms with van der Waals surface area (Å²) in [5, 5.41) is 1.86. The van der Waals surface area contributed by atoms with Gasteiger partial charge in [-0.2, -0.15) is 0 Å². The Balaban J connectivity index is 2.09. The van der Waals surface area contributed by atoms with Gasteiger partial charge in [0.15, 0.2) is 6.29 Å². The highest BCUT2D eigenvalue weighted by atomic mass is 15.8. The molecule has 1 heterocycles. The van der Waals surface area contributed by atoms with Gasteiger partial charge in [0.1, 0.15) is 0 Å². The lowest BCUT2D eigenvalue weighted by Crippen LogP contribution is -2.28. The van der Waals surface area contributed by atoms with Crippen molar-refractivity contribution in [3.8, 4) is 0 Å². The Kier molecular flexibility index (Phi) is 0.776. The Bertz CT molecular complexity index is 51.5. The third-order valence-electron chi connectivity index (χ3n) is 0.803. The molecule has 0 aromatic rings. The number of nitrogens with two attached hydrogens (primary N) is 1. The smallest absolute Gasteiger partial charge is 0.152 e. The molecule has 1 rings (SSSR count). The number of nitrogens with zero attached hydrogens (tertiary/aromatic N) is 1. The maximum Gasteiger partial charge on any atom is 0.152 e. The van der Waals surface area contributed by atoms with Crippen LogP contribution in [0.4, 0.5) is 0 Å². The van der Waals surface area contributed by atoms with E-state index in [1.165, 1.54) is 0 Å². The summed E-state index contributed by atoms with van der Waals surface area (Å²) in [5.41, 5.74) is 5.38. The average molecular weight is 88.1 g/mol. The summed E-state index contributed by atoms with van der Waals surface area (Å²) < 4.78 is 0. The lowest BCUT2D eigenvalue weighted by Gasteiger charge is -1.83. The minimum absolute atomic E-state index is 0.213. The lowest BCUT2D eigenvalue weighted by molar-refractivity contribution is 0.539. The summed E-state index contributed by atoms with van der Waals surface area (Å²) >= 11 is 0. The molecule has 2 unspecified atom stereocenters. The van der Waals surface area contributed by atoms with Crippen LogP contribution in [-0.2, 0) is 0 Å². The Morgan fingerprint density at radius 3 is 2.50 bits per heavy atom. The highest BCUT2D eigenvalue weighted by Gasteiger charge is 2.26. The SMILES string of the molecule is CN1NC1NN. The highest BCUT2D eigenvalue weighted by Crippen LogP contribution is 1.94. The van der Waals surface area contributed by atoms with Crippen LogP contribution in [0.3, 0.4) is 0 Å². The quantitative estimate of drug-likeness (QED) is 0.201. The van der Waals surface area contributed by atoms with Crippen molar-refractivity contribution in [2.45, 2.75) is 6.29 Å². The lowest BCUT2D eigenvalue weighted by atomic mass is 11.0. The van der Waals surface area contributed by atoms with E-state index in [9.17, 15) is 0 Å². The van der Waals surface area contributed by atoms with Gasteiger partial charge in [-0.15, -0.1) is 0 Å². The van der Waals surface area contributed by atoms with Crippen LogP contribution in [0.5, 0.6) is 0 Å². The van der Waals surface area contributed by atoms with Gasteiger partial charge >= 0.3 is 0 Å². The van der Waals surface area contributed by atoms with Gasteiger partial charge in [0.05, 0.1) is 0 Å². The molecule has 4 nitrogen and oxygen atoms in total. The summed E-state index contributed by atoms with van der Waals surface area (Å²) in [4.78, 5) is 0. The van der Waals surface area contributed by atoms with E-state index in [-0.39, 0.29) is 6.29 Å². The molecule has 0 amide bonds. The molecule has 4 N–H and O–H groups in total. The van der Waals surface area contributed by atoms with E-state index in [0.29, 0.717) is 0 Å². The fourth-order valence-electron chi connectivity index (χ4n) is 0.309. The second-order valence-electron chi connectivity index (χ2n) is 1.31. The van der Waals surface area contributed by atoms with Crippen molar-refractivity contribution < 1.29 is 0 Å². The molecule has 0 spiro atoms. The zero-order valence-electron chi connectivity index (χ0n) is 3.60. The third-order valence-corrected chi connectivity index (χ3v) is 0.803. The fourth-order valence-corrected chi connectivity index (χ4v) is 0.309. The van der Waals surface area contributed by atoms with Crippen molar-refractivity contribution in [3.63, 3.8) is 0 Å². The van der Waals surface area contributed by atoms with Crippen molar-refractivity contribution in [2.24, 2.45) is 5.84 Å². The molecule has 0 radical (unpaired) electrons. The van der Waals surface area contributed by atoms with Gasteiger partial charge in [0.25, 0.3) is 0 Å². The number of nitrogens with one attached hydrogen (secondary N) is 2. The predicted octanol–water partition coefficient (Wildman–Crippen LogP) is -1.82. The first-order valence-corrected chi connectivity index (χ1v) is 1.80. The van der Waals surface area contributed by atoms with E-state index in [2.05, 4.69) is 10.9 Å². The van der Waals surface area contributed by atoms with Crippen LogP contribution < -0.4 is 16.7 Å². The number of hydrogen-bond donors (Lipinski definition) is 3. The summed E-state index contributed by atoms with van der Waals surface area (Å²) in [6.45, 7) is 0. The van der Waals surface area contributed by atoms with Crippen LogP contribution in [0.25, 0.3) is 0 Å². The van der Waals surface area contributed by atoms with Crippen LogP contribution in [0.15, 0.2) is 0 Å². The molecule has 1 fully saturated rings. The van der Waals surface area contributed by atoms with Crippen molar-refractivity contribution >= 4 is 0 Å². The molecule has 0 aliphatic carbocycles. The van der Waals surface area contributed by atoms with Gasteiger partial charge in [-0.3, -0.25) is 5.84 Å². The molecule has 0 aromatic carbocycles. The Morgan fingerprint density at radius 2 is 2.50 bits per heavy atom. The largest absolute Gasteiger partial charge is 0.269 e. The molecule has 2 atom stereocenters. The fraction of sp³-hybridized carbons (Fsp3) is 1.00. The molecule has 6 heavy (non-hydrogen) atoms. The Morgan fingerprint density at radius 1 is 2.00 bits per heavy atom. The maximum absolute atomic E-state index is 4.97.